The van der Waals surface area contributed by atoms with Crippen LogP contribution in [0.25, 0.3) is 11.0 Å². The number of nitrogens with zero attached hydrogens (tertiary/aromatic N) is 4. The van der Waals surface area contributed by atoms with Gasteiger partial charge in [0.1, 0.15) is 11.3 Å². The molecule has 0 unspecified atom stereocenters. The Kier molecular flexibility index (Phi) is 4.20. The number of aromatic nitrogens is 3. The Morgan fingerprint density at radius 3 is 2.46 bits per heavy atom. The second kappa shape index (κ2) is 6.67. The van der Waals surface area contributed by atoms with Crippen molar-refractivity contribution in [1.29, 1.82) is 0 Å². The highest BCUT2D eigenvalue weighted by atomic mass is 19.1. The van der Waals surface area contributed by atoms with E-state index in [0.717, 1.165) is 0 Å². The summed E-state index contributed by atoms with van der Waals surface area (Å²) < 4.78 is 15.2. The number of hydrogen-bond acceptors (Lipinski definition) is 4. The van der Waals surface area contributed by atoms with Gasteiger partial charge in [-0.2, -0.15) is 4.68 Å². The standard InChI is InChI=1S/C19H17FN4O2/c20-15-6-2-1-5-14(15)19(26)23-11-9-13(10-12-23)18(25)24-17-8-4-3-7-16(17)21-22-24/h1-8,13H,9-12H2. The molecule has 1 aliphatic rings. The number of fused-ring (bicyclic) bond motifs is 1. The minimum Gasteiger partial charge on any atom is -0.339 e. The number of hydrogen-bond donors (Lipinski definition) is 0. The zero-order valence-electron chi connectivity index (χ0n) is 14.0. The normalized spacial score (nSPS) is 15.3. The van der Waals surface area contributed by atoms with E-state index in [1.54, 1.807) is 17.0 Å². The van der Waals surface area contributed by atoms with Crippen molar-refractivity contribution in [3.05, 3.63) is 59.9 Å². The number of para-hydroxylation sites is 1. The molecule has 0 bridgehead atoms. The van der Waals surface area contributed by atoms with Crippen LogP contribution in [-0.4, -0.2) is 44.8 Å². The Morgan fingerprint density at radius 2 is 1.69 bits per heavy atom. The van der Waals surface area contributed by atoms with Gasteiger partial charge in [0.25, 0.3) is 11.8 Å². The number of likely N-dealkylation sites (tertiary alicyclic amines) is 1. The van der Waals surface area contributed by atoms with E-state index in [2.05, 4.69) is 10.3 Å². The number of carbonyl (C=O) groups is 2. The van der Waals surface area contributed by atoms with Gasteiger partial charge in [-0.3, -0.25) is 9.59 Å². The highest BCUT2D eigenvalue weighted by Crippen LogP contribution is 2.23. The lowest BCUT2D eigenvalue weighted by atomic mass is 9.95. The Balaban J connectivity index is 1.46. The first kappa shape index (κ1) is 16.4. The van der Waals surface area contributed by atoms with Gasteiger partial charge in [0.15, 0.2) is 0 Å². The molecule has 6 nitrogen and oxygen atoms in total. The van der Waals surface area contributed by atoms with Gasteiger partial charge in [-0.25, -0.2) is 4.39 Å². The largest absolute Gasteiger partial charge is 0.339 e. The van der Waals surface area contributed by atoms with E-state index in [0.29, 0.717) is 37.0 Å². The topological polar surface area (TPSA) is 68.1 Å². The third kappa shape index (κ3) is 2.85. The van der Waals surface area contributed by atoms with Crippen LogP contribution in [0.1, 0.15) is 28.0 Å². The molecular weight excluding hydrogens is 335 g/mol. The zero-order valence-corrected chi connectivity index (χ0v) is 14.0. The molecule has 0 N–H and O–H groups in total. The second-order valence-electron chi connectivity index (χ2n) is 6.37. The van der Waals surface area contributed by atoms with Crippen LogP contribution >= 0.6 is 0 Å². The lowest BCUT2D eigenvalue weighted by Crippen LogP contribution is -2.41. The summed E-state index contributed by atoms with van der Waals surface area (Å²) in [5.41, 5.74) is 1.43. The fourth-order valence-corrected chi connectivity index (χ4v) is 3.34. The third-order valence-corrected chi connectivity index (χ3v) is 4.80. The highest BCUT2D eigenvalue weighted by molar-refractivity contribution is 5.95. The number of carbonyl (C=O) groups excluding carboxylic acids is 2. The summed E-state index contributed by atoms with van der Waals surface area (Å²) in [6, 6.07) is 13.3. The van der Waals surface area contributed by atoms with Crippen molar-refractivity contribution < 1.29 is 14.0 Å². The summed E-state index contributed by atoms with van der Waals surface area (Å²) in [6.07, 6.45) is 1.04. The first-order valence-corrected chi connectivity index (χ1v) is 8.53. The van der Waals surface area contributed by atoms with Gasteiger partial charge < -0.3 is 4.90 Å². The maximum absolute atomic E-state index is 13.8. The molecule has 2 aromatic carbocycles. The van der Waals surface area contributed by atoms with E-state index in [4.69, 9.17) is 0 Å². The Bertz CT molecular complexity index is 976. The number of benzene rings is 2. The van der Waals surface area contributed by atoms with Gasteiger partial charge in [-0.15, -0.1) is 5.10 Å². The van der Waals surface area contributed by atoms with Crippen molar-refractivity contribution >= 4 is 22.8 Å². The van der Waals surface area contributed by atoms with Gasteiger partial charge in [-0.1, -0.05) is 29.5 Å². The minimum absolute atomic E-state index is 0.0690. The Labute approximate surface area is 149 Å². The molecule has 2 heterocycles. The molecule has 1 aromatic heterocycles. The third-order valence-electron chi connectivity index (χ3n) is 4.80. The van der Waals surface area contributed by atoms with Crippen molar-refractivity contribution in [2.75, 3.05) is 13.1 Å². The SMILES string of the molecule is O=C(c1ccccc1F)N1CCC(C(=O)n2nnc3ccccc32)CC1. The van der Waals surface area contributed by atoms with Crippen LogP contribution in [0, 0.1) is 11.7 Å². The van der Waals surface area contributed by atoms with Gasteiger partial charge in [0.05, 0.1) is 11.1 Å². The van der Waals surface area contributed by atoms with E-state index < -0.39 is 5.82 Å². The molecular formula is C19H17FN4O2. The highest BCUT2D eigenvalue weighted by Gasteiger charge is 2.30. The summed E-state index contributed by atoms with van der Waals surface area (Å²) in [7, 11) is 0. The van der Waals surface area contributed by atoms with E-state index >= 15 is 0 Å². The minimum atomic E-state index is -0.523. The van der Waals surface area contributed by atoms with Crippen molar-refractivity contribution in [2.24, 2.45) is 5.92 Å². The maximum Gasteiger partial charge on any atom is 0.256 e. The predicted molar refractivity (Wildman–Crippen MR) is 93.2 cm³/mol. The molecule has 0 aliphatic carbocycles. The molecule has 0 atom stereocenters. The van der Waals surface area contributed by atoms with Crippen LogP contribution in [0.15, 0.2) is 48.5 Å². The van der Waals surface area contributed by atoms with Crippen LogP contribution in [0.4, 0.5) is 4.39 Å². The van der Waals surface area contributed by atoms with Crippen LogP contribution in [0.3, 0.4) is 0 Å². The van der Waals surface area contributed by atoms with E-state index in [9.17, 15) is 14.0 Å². The monoisotopic (exact) mass is 352 g/mol. The van der Waals surface area contributed by atoms with Crippen molar-refractivity contribution in [3.63, 3.8) is 0 Å². The van der Waals surface area contributed by atoms with E-state index in [-0.39, 0.29) is 23.3 Å². The Hall–Kier alpha value is -3.09. The first-order valence-electron chi connectivity index (χ1n) is 8.53. The molecule has 0 radical (unpaired) electrons. The molecule has 1 saturated heterocycles. The van der Waals surface area contributed by atoms with Gasteiger partial charge in [0, 0.05) is 19.0 Å². The summed E-state index contributed by atoms with van der Waals surface area (Å²) in [6.45, 7) is 0.826. The second-order valence-corrected chi connectivity index (χ2v) is 6.37. The molecule has 7 heteroatoms. The average Bonchev–Trinajstić information content (AvgIpc) is 3.11. The van der Waals surface area contributed by atoms with Crippen LogP contribution in [0.2, 0.25) is 0 Å². The summed E-state index contributed by atoms with van der Waals surface area (Å²) in [5.74, 6) is -1.20. The quantitative estimate of drug-likeness (QED) is 0.711. The van der Waals surface area contributed by atoms with Crippen LogP contribution in [0.5, 0.6) is 0 Å². The first-order chi connectivity index (χ1) is 12.6. The molecule has 4 rings (SSSR count). The number of halogens is 1. The van der Waals surface area contributed by atoms with E-state index in [1.165, 1.54) is 16.8 Å². The summed E-state index contributed by atoms with van der Waals surface area (Å²) >= 11 is 0. The molecule has 0 spiro atoms. The summed E-state index contributed by atoms with van der Waals surface area (Å²) in [4.78, 5) is 26.8. The number of rotatable bonds is 2. The molecule has 1 fully saturated rings. The van der Waals surface area contributed by atoms with Crippen LogP contribution in [-0.2, 0) is 0 Å². The number of amides is 1. The lowest BCUT2D eigenvalue weighted by Gasteiger charge is -2.31. The van der Waals surface area contributed by atoms with Gasteiger partial charge in [-0.05, 0) is 37.1 Å². The van der Waals surface area contributed by atoms with Crippen molar-refractivity contribution in [3.8, 4) is 0 Å². The smallest absolute Gasteiger partial charge is 0.256 e. The van der Waals surface area contributed by atoms with Gasteiger partial charge >= 0.3 is 0 Å². The van der Waals surface area contributed by atoms with Crippen molar-refractivity contribution in [1.82, 2.24) is 19.9 Å². The van der Waals surface area contributed by atoms with Crippen molar-refractivity contribution in [2.45, 2.75) is 12.8 Å². The van der Waals surface area contributed by atoms with Gasteiger partial charge in [0.2, 0.25) is 0 Å². The summed E-state index contributed by atoms with van der Waals surface area (Å²) in [5, 5.41) is 7.98. The van der Waals surface area contributed by atoms with Crippen LogP contribution < -0.4 is 0 Å². The number of piperidine rings is 1. The predicted octanol–water partition coefficient (Wildman–Crippen LogP) is 2.76. The fourth-order valence-electron chi connectivity index (χ4n) is 3.34. The zero-order chi connectivity index (χ0) is 18.1. The van der Waals surface area contributed by atoms with E-state index in [1.807, 2.05) is 24.3 Å². The molecule has 1 amide bonds. The Morgan fingerprint density at radius 1 is 1.00 bits per heavy atom. The lowest BCUT2D eigenvalue weighted by molar-refractivity contribution is 0.0612. The molecule has 1 aliphatic heterocycles. The average molecular weight is 352 g/mol. The molecule has 132 valence electrons. The fraction of sp³-hybridized carbons (Fsp3) is 0.263. The molecule has 0 saturated carbocycles. The molecule has 3 aromatic rings. The maximum atomic E-state index is 13.8. The molecule has 26 heavy (non-hydrogen) atoms.